The van der Waals surface area contributed by atoms with Gasteiger partial charge in [0.25, 0.3) is 0 Å². The summed E-state index contributed by atoms with van der Waals surface area (Å²) in [7, 11) is 0. The number of benzene rings is 1. The molecule has 0 heterocycles. The third-order valence-corrected chi connectivity index (χ3v) is 2.79. The molecule has 1 aromatic carbocycles. The molecule has 0 amide bonds. The van der Waals surface area contributed by atoms with Gasteiger partial charge in [0.05, 0.1) is 9.50 Å². The van der Waals surface area contributed by atoms with Crippen LogP contribution in [0.25, 0.3) is 0 Å². The lowest BCUT2D eigenvalue weighted by Gasteiger charge is -1.98. The minimum atomic E-state index is 0.138. The molecule has 0 aliphatic carbocycles. The molecule has 0 aliphatic rings. The summed E-state index contributed by atoms with van der Waals surface area (Å²) < 4.78 is 1.29. The lowest BCUT2D eigenvalue weighted by molar-refractivity contribution is 0.471. The van der Waals surface area contributed by atoms with Gasteiger partial charge < -0.3 is 5.11 Å². The molecule has 0 unspecified atom stereocenters. The smallest absolute Gasteiger partial charge is 0.132 e. The van der Waals surface area contributed by atoms with Crippen molar-refractivity contribution in [3.63, 3.8) is 0 Å². The van der Waals surface area contributed by atoms with Crippen LogP contribution >= 0.6 is 43.5 Å². The average Bonchev–Trinajstić information content (AvgIpc) is 1.82. The Morgan fingerprint density at radius 1 is 1.30 bits per heavy atom. The Labute approximate surface area is 80.3 Å². The van der Waals surface area contributed by atoms with Crippen LogP contribution in [-0.2, 0) is 0 Å². The van der Waals surface area contributed by atoms with Crippen LogP contribution in [-0.4, -0.2) is 5.11 Å². The van der Waals surface area contributed by atoms with Gasteiger partial charge in [0.15, 0.2) is 0 Å². The molecule has 1 aromatic rings. The van der Waals surface area contributed by atoms with Crippen molar-refractivity contribution in [3.05, 3.63) is 26.1 Å². The fraction of sp³-hybridized carbons (Fsp3) is 0. The highest BCUT2D eigenvalue weighted by Gasteiger charge is 2.03. The van der Waals surface area contributed by atoms with Crippen molar-refractivity contribution in [2.75, 3.05) is 0 Å². The molecule has 1 N–H and O–H groups in total. The first-order valence-electron chi connectivity index (χ1n) is 2.45. The predicted octanol–water partition coefficient (Wildman–Crippen LogP) is 3.57. The van der Waals surface area contributed by atoms with Gasteiger partial charge >= 0.3 is 0 Å². The Bertz CT molecular complexity index is 239. The average molecular weight is 286 g/mol. The number of halogens is 3. The highest BCUT2D eigenvalue weighted by molar-refractivity contribution is 9.11. The first kappa shape index (κ1) is 8.37. The van der Waals surface area contributed by atoms with Gasteiger partial charge in [0.2, 0.25) is 0 Å². The van der Waals surface area contributed by atoms with Crippen molar-refractivity contribution in [1.82, 2.24) is 0 Å². The van der Waals surface area contributed by atoms with E-state index in [2.05, 4.69) is 31.9 Å². The Hall–Kier alpha value is 0.270. The SMILES string of the molecule is Oc1cc(Br)cc(Cl)c1Br. The lowest BCUT2D eigenvalue weighted by atomic mass is 10.3. The first-order chi connectivity index (χ1) is 4.61. The number of phenols is 1. The fourth-order valence-corrected chi connectivity index (χ4v) is 1.56. The molecule has 0 saturated heterocycles. The molecule has 0 aromatic heterocycles. The molecule has 0 bridgehead atoms. The Kier molecular flexibility index (Phi) is 2.61. The number of phenolic OH excluding ortho intramolecular Hbond substituents is 1. The van der Waals surface area contributed by atoms with E-state index in [0.29, 0.717) is 9.50 Å². The standard InChI is InChI=1S/C6H3Br2ClO/c7-3-1-4(9)6(8)5(10)2-3/h1-2,10H. The van der Waals surface area contributed by atoms with Crippen molar-refractivity contribution >= 4 is 43.5 Å². The van der Waals surface area contributed by atoms with Crippen LogP contribution in [0.2, 0.25) is 5.02 Å². The maximum Gasteiger partial charge on any atom is 0.132 e. The van der Waals surface area contributed by atoms with E-state index in [1.165, 1.54) is 0 Å². The summed E-state index contributed by atoms with van der Waals surface area (Å²) in [4.78, 5) is 0. The second kappa shape index (κ2) is 3.11. The van der Waals surface area contributed by atoms with Gasteiger partial charge in [-0.3, -0.25) is 0 Å². The number of hydrogen-bond donors (Lipinski definition) is 1. The highest BCUT2D eigenvalue weighted by atomic mass is 79.9. The lowest BCUT2D eigenvalue weighted by Crippen LogP contribution is -1.71. The molecular weight excluding hydrogens is 283 g/mol. The van der Waals surface area contributed by atoms with Crippen LogP contribution in [0, 0.1) is 0 Å². The normalized spacial score (nSPS) is 9.90. The monoisotopic (exact) mass is 284 g/mol. The zero-order chi connectivity index (χ0) is 7.72. The molecule has 10 heavy (non-hydrogen) atoms. The predicted molar refractivity (Wildman–Crippen MR) is 48.5 cm³/mol. The van der Waals surface area contributed by atoms with Crippen molar-refractivity contribution < 1.29 is 5.11 Å². The Morgan fingerprint density at radius 3 is 2.40 bits per heavy atom. The zero-order valence-corrected chi connectivity index (χ0v) is 8.66. The minimum absolute atomic E-state index is 0.138. The molecule has 1 rings (SSSR count). The van der Waals surface area contributed by atoms with Crippen molar-refractivity contribution in [2.45, 2.75) is 0 Å². The van der Waals surface area contributed by atoms with Gasteiger partial charge in [0.1, 0.15) is 5.75 Å². The first-order valence-corrected chi connectivity index (χ1v) is 4.41. The third kappa shape index (κ3) is 1.65. The van der Waals surface area contributed by atoms with E-state index < -0.39 is 0 Å². The van der Waals surface area contributed by atoms with E-state index in [9.17, 15) is 0 Å². The minimum Gasteiger partial charge on any atom is -0.507 e. The van der Waals surface area contributed by atoms with E-state index in [-0.39, 0.29) is 5.75 Å². The number of hydrogen-bond acceptors (Lipinski definition) is 1. The van der Waals surface area contributed by atoms with Gasteiger partial charge in [0, 0.05) is 4.47 Å². The fourth-order valence-electron chi connectivity index (χ4n) is 0.542. The van der Waals surface area contributed by atoms with Crippen LogP contribution < -0.4 is 0 Å². The van der Waals surface area contributed by atoms with Gasteiger partial charge in [-0.15, -0.1) is 0 Å². The Morgan fingerprint density at radius 2 is 1.90 bits per heavy atom. The van der Waals surface area contributed by atoms with E-state index in [4.69, 9.17) is 16.7 Å². The van der Waals surface area contributed by atoms with Crippen LogP contribution in [0.5, 0.6) is 5.75 Å². The van der Waals surface area contributed by atoms with E-state index in [1.54, 1.807) is 12.1 Å². The summed E-state index contributed by atoms with van der Waals surface area (Å²) in [5.41, 5.74) is 0. The summed E-state index contributed by atoms with van der Waals surface area (Å²) in [6.07, 6.45) is 0. The zero-order valence-electron chi connectivity index (χ0n) is 4.74. The number of aromatic hydroxyl groups is 1. The second-order valence-corrected chi connectivity index (χ2v) is 3.84. The molecule has 0 fully saturated rings. The third-order valence-electron chi connectivity index (χ3n) is 0.974. The van der Waals surface area contributed by atoms with E-state index >= 15 is 0 Å². The quantitative estimate of drug-likeness (QED) is 0.723. The topological polar surface area (TPSA) is 20.2 Å². The van der Waals surface area contributed by atoms with Crippen molar-refractivity contribution in [3.8, 4) is 5.75 Å². The molecular formula is C6H3Br2ClO. The molecule has 54 valence electrons. The maximum atomic E-state index is 9.12. The summed E-state index contributed by atoms with van der Waals surface area (Å²) in [5, 5.41) is 9.61. The van der Waals surface area contributed by atoms with Crippen molar-refractivity contribution in [1.29, 1.82) is 0 Å². The van der Waals surface area contributed by atoms with E-state index in [1.807, 2.05) is 0 Å². The second-order valence-electron chi connectivity index (χ2n) is 1.72. The number of rotatable bonds is 0. The molecule has 1 nitrogen and oxygen atoms in total. The highest BCUT2D eigenvalue weighted by Crippen LogP contribution is 2.34. The molecule has 0 saturated carbocycles. The van der Waals surface area contributed by atoms with Gasteiger partial charge in [-0.05, 0) is 28.1 Å². The molecule has 4 heteroatoms. The van der Waals surface area contributed by atoms with Gasteiger partial charge in [-0.1, -0.05) is 27.5 Å². The van der Waals surface area contributed by atoms with Gasteiger partial charge in [-0.2, -0.15) is 0 Å². The van der Waals surface area contributed by atoms with Crippen LogP contribution in [0.1, 0.15) is 0 Å². The molecule has 0 spiro atoms. The Balaban J connectivity index is 3.31. The largest absolute Gasteiger partial charge is 0.507 e. The summed E-state index contributed by atoms with van der Waals surface area (Å²) in [5.74, 6) is 0.138. The molecule has 0 atom stereocenters. The van der Waals surface area contributed by atoms with Crippen LogP contribution in [0.4, 0.5) is 0 Å². The summed E-state index contributed by atoms with van der Waals surface area (Å²) in [6.45, 7) is 0. The molecule has 0 radical (unpaired) electrons. The van der Waals surface area contributed by atoms with Crippen molar-refractivity contribution in [2.24, 2.45) is 0 Å². The molecule has 0 aliphatic heterocycles. The van der Waals surface area contributed by atoms with E-state index in [0.717, 1.165) is 4.47 Å². The summed E-state index contributed by atoms with van der Waals surface area (Å²) >= 11 is 12.0. The van der Waals surface area contributed by atoms with Crippen LogP contribution in [0.3, 0.4) is 0 Å². The van der Waals surface area contributed by atoms with Crippen LogP contribution in [0.15, 0.2) is 21.1 Å². The maximum absolute atomic E-state index is 9.12. The van der Waals surface area contributed by atoms with Gasteiger partial charge in [-0.25, -0.2) is 0 Å². The summed E-state index contributed by atoms with van der Waals surface area (Å²) in [6, 6.07) is 3.27.